The Balaban J connectivity index is 1.53. The Morgan fingerprint density at radius 1 is 0.536 bits per heavy atom. The van der Waals surface area contributed by atoms with Crippen LogP contribution in [0.3, 0.4) is 0 Å². The monoisotopic (exact) mass is 368 g/mol. The van der Waals surface area contributed by atoms with Crippen LogP contribution in [0.25, 0.3) is 12.2 Å². The molecule has 0 radical (unpaired) electrons. The van der Waals surface area contributed by atoms with Crippen LogP contribution in [0, 0.1) is 0 Å². The largest absolute Gasteiger partial charge is 0.323 e. The lowest BCUT2D eigenvalue weighted by molar-refractivity contribution is -0.112. The number of carbonyl (C=O) groups excluding carboxylic acids is 2. The Labute approximate surface area is 164 Å². The summed E-state index contributed by atoms with van der Waals surface area (Å²) in [5.41, 5.74) is 3.31. The first-order valence-electron chi connectivity index (χ1n) is 8.87. The zero-order chi connectivity index (χ0) is 19.6. The number of hydrogen-bond donors (Lipinski definition) is 2. The first-order valence-corrected chi connectivity index (χ1v) is 8.87. The molecular formula is C24H20N2O2. The molecule has 138 valence electrons. The van der Waals surface area contributed by atoms with Crippen LogP contribution >= 0.6 is 0 Å². The van der Waals surface area contributed by atoms with E-state index >= 15 is 0 Å². The smallest absolute Gasteiger partial charge is 0.248 e. The predicted molar refractivity (Wildman–Crippen MR) is 115 cm³/mol. The van der Waals surface area contributed by atoms with Crippen molar-refractivity contribution < 1.29 is 9.59 Å². The molecule has 2 N–H and O–H groups in total. The molecule has 3 rings (SSSR count). The van der Waals surface area contributed by atoms with Gasteiger partial charge in [-0.3, -0.25) is 9.59 Å². The van der Waals surface area contributed by atoms with Gasteiger partial charge in [-0.15, -0.1) is 0 Å². The average molecular weight is 368 g/mol. The van der Waals surface area contributed by atoms with Gasteiger partial charge in [0.1, 0.15) is 0 Å². The number of nitrogens with one attached hydrogen (secondary N) is 2. The Bertz CT molecular complexity index is 894. The molecule has 0 aromatic heterocycles. The lowest BCUT2D eigenvalue weighted by atomic mass is 10.1. The number of benzene rings is 3. The van der Waals surface area contributed by atoms with Crippen LogP contribution < -0.4 is 10.6 Å². The molecule has 28 heavy (non-hydrogen) atoms. The summed E-state index contributed by atoms with van der Waals surface area (Å²) in [7, 11) is 0. The van der Waals surface area contributed by atoms with Gasteiger partial charge in [-0.05, 0) is 47.5 Å². The van der Waals surface area contributed by atoms with Gasteiger partial charge in [-0.1, -0.05) is 60.7 Å². The molecule has 0 aliphatic heterocycles. The maximum absolute atomic E-state index is 11.9. The van der Waals surface area contributed by atoms with Crippen LogP contribution in [0.2, 0.25) is 0 Å². The van der Waals surface area contributed by atoms with Crippen molar-refractivity contribution in [1.82, 2.24) is 0 Å². The second-order valence-corrected chi connectivity index (χ2v) is 6.04. The van der Waals surface area contributed by atoms with Gasteiger partial charge in [0.2, 0.25) is 11.8 Å². The van der Waals surface area contributed by atoms with E-state index in [4.69, 9.17) is 0 Å². The van der Waals surface area contributed by atoms with E-state index in [-0.39, 0.29) is 11.8 Å². The zero-order valence-corrected chi connectivity index (χ0v) is 15.2. The summed E-state index contributed by atoms with van der Waals surface area (Å²) in [4.78, 5) is 23.9. The Kier molecular flexibility index (Phi) is 6.53. The normalized spacial score (nSPS) is 10.9. The van der Waals surface area contributed by atoms with Crippen molar-refractivity contribution in [2.45, 2.75) is 0 Å². The maximum atomic E-state index is 11.9. The second kappa shape index (κ2) is 9.69. The molecule has 0 saturated carbocycles. The highest BCUT2D eigenvalue weighted by Gasteiger charge is 1.98. The summed E-state index contributed by atoms with van der Waals surface area (Å²) < 4.78 is 0. The molecule has 0 saturated heterocycles. The van der Waals surface area contributed by atoms with Crippen molar-refractivity contribution >= 4 is 35.3 Å². The zero-order valence-electron chi connectivity index (χ0n) is 15.2. The van der Waals surface area contributed by atoms with E-state index in [1.807, 2.05) is 84.9 Å². The van der Waals surface area contributed by atoms with Crippen LogP contribution in [-0.2, 0) is 9.59 Å². The minimum atomic E-state index is -0.187. The third-order valence-electron chi connectivity index (χ3n) is 3.87. The van der Waals surface area contributed by atoms with Crippen LogP contribution in [0.5, 0.6) is 0 Å². The molecule has 0 atom stereocenters. The highest BCUT2D eigenvalue weighted by Crippen LogP contribution is 2.10. The summed E-state index contributed by atoms with van der Waals surface area (Å²) in [6.07, 6.45) is 6.47. The molecule has 4 nitrogen and oxygen atoms in total. The molecular weight excluding hydrogens is 348 g/mol. The molecule has 0 aliphatic carbocycles. The van der Waals surface area contributed by atoms with Crippen molar-refractivity contribution in [3.8, 4) is 0 Å². The summed E-state index contributed by atoms with van der Waals surface area (Å²) in [6.45, 7) is 0. The molecule has 4 heteroatoms. The van der Waals surface area contributed by atoms with E-state index in [9.17, 15) is 9.59 Å². The van der Waals surface area contributed by atoms with Crippen molar-refractivity contribution in [2.24, 2.45) is 0 Å². The van der Waals surface area contributed by atoms with Gasteiger partial charge in [-0.2, -0.15) is 0 Å². The van der Waals surface area contributed by atoms with Crippen LogP contribution in [0.1, 0.15) is 11.1 Å². The van der Waals surface area contributed by atoms with Gasteiger partial charge < -0.3 is 10.6 Å². The van der Waals surface area contributed by atoms with Crippen molar-refractivity contribution in [1.29, 1.82) is 0 Å². The topological polar surface area (TPSA) is 58.2 Å². The summed E-state index contributed by atoms with van der Waals surface area (Å²) in [5.74, 6) is -0.375. The maximum Gasteiger partial charge on any atom is 0.248 e. The molecule has 0 unspecified atom stereocenters. The van der Waals surface area contributed by atoms with E-state index in [0.717, 1.165) is 22.5 Å². The highest BCUT2D eigenvalue weighted by atomic mass is 16.2. The van der Waals surface area contributed by atoms with Crippen LogP contribution in [0.4, 0.5) is 11.4 Å². The van der Waals surface area contributed by atoms with Gasteiger partial charge >= 0.3 is 0 Å². The fraction of sp³-hybridized carbons (Fsp3) is 0. The average Bonchev–Trinajstić information content (AvgIpc) is 2.73. The molecule has 0 aliphatic rings. The van der Waals surface area contributed by atoms with E-state index in [1.165, 1.54) is 12.2 Å². The fourth-order valence-corrected chi connectivity index (χ4v) is 2.47. The second-order valence-electron chi connectivity index (χ2n) is 6.04. The van der Waals surface area contributed by atoms with Gasteiger partial charge in [0.25, 0.3) is 0 Å². The molecule has 0 spiro atoms. The number of para-hydroxylation sites is 2. The molecule has 0 heterocycles. The van der Waals surface area contributed by atoms with E-state index < -0.39 is 0 Å². The highest BCUT2D eigenvalue weighted by molar-refractivity contribution is 6.02. The van der Waals surface area contributed by atoms with Gasteiger partial charge in [-0.25, -0.2) is 0 Å². The van der Waals surface area contributed by atoms with Crippen LogP contribution in [0.15, 0.2) is 97.1 Å². The number of rotatable bonds is 6. The number of amides is 2. The fourth-order valence-electron chi connectivity index (χ4n) is 2.47. The predicted octanol–water partition coefficient (Wildman–Crippen LogP) is 4.99. The van der Waals surface area contributed by atoms with Gasteiger partial charge in [0, 0.05) is 23.5 Å². The molecule has 2 amide bonds. The third kappa shape index (κ3) is 6.11. The van der Waals surface area contributed by atoms with E-state index in [1.54, 1.807) is 12.2 Å². The summed E-state index contributed by atoms with van der Waals surface area (Å²) in [6, 6.07) is 26.2. The Morgan fingerprint density at radius 2 is 0.893 bits per heavy atom. The lowest BCUT2D eigenvalue weighted by Gasteiger charge is -2.01. The quantitative estimate of drug-likeness (QED) is 0.602. The molecule has 0 fully saturated rings. The molecule has 3 aromatic rings. The molecule has 0 bridgehead atoms. The van der Waals surface area contributed by atoms with E-state index in [2.05, 4.69) is 10.6 Å². The van der Waals surface area contributed by atoms with Gasteiger partial charge in [0.05, 0.1) is 0 Å². The Hall–Kier alpha value is -3.92. The molecule has 3 aromatic carbocycles. The summed E-state index contributed by atoms with van der Waals surface area (Å²) >= 11 is 0. The van der Waals surface area contributed by atoms with E-state index in [0.29, 0.717) is 0 Å². The first kappa shape index (κ1) is 18.9. The first-order chi connectivity index (χ1) is 13.7. The number of hydrogen-bond acceptors (Lipinski definition) is 2. The van der Waals surface area contributed by atoms with Crippen molar-refractivity contribution in [2.75, 3.05) is 10.6 Å². The minimum absolute atomic E-state index is 0.187. The number of anilines is 2. The third-order valence-corrected chi connectivity index (χ3v) is 3.87. The lowest BCUT2D eigenvalue weighted by Crippen LogP contribution is -2.07. The standard InChI is InChI=1S/C24H20N2O2/c27-23(25-21-7-3-1-4-8-21)17-15-19-11-13-20(14-12-19)16-18-24(28)26-22-9-5-2-6-10-22/h1-18H,(H,25,27)(H,26,28)/b17-15-,18-16-. The SMILES string of the molecule is O=C(/C=C\c1ccc(/C=C\C(=O)Nc2ccccc2)cc1)Nc1ccccc1. The van der Waals surface area contributed by atoms with Crippen molar-refractivity contribution in [3.63, 3.8) is 0 Å². The van der Waals surface area contributed by atoms with Crippen molar-refractivity contribution in [3.05, 3.63) is 108 Å². The van der Waals surface area contributed by atoms with Gasteiger partial charge in [0.15, 0.2) is 0 Å². The Morgan fingerprint density at radius 3 is 1.25 bits per heavy atom. The summed E-state index contributed by atoms with van der Waals surface area (Å²) in [5, 5.41) is 5.59. The minimum Gasteiger partial charge on any atom is -0.323 e. The van der Waals surface area contributed by atoms with Crippen LogP contribution in [-0.4, -0.2) is 11.8 Å². The number of carbonyl (C=O) groups is 2.